The molecule has 0 unspecified atom stereocenters. The minimum Gasteiger partial charge on any atom is -0.476 e. The first-order valence-electron chi connectivity index (χ1n) is 5.58. The predicted octanol–water partition coefficient (Wildman–Crippen LogP) is 2.49. The van der Waals surface area contributed by atoms with Gasteiger partial charge >= 0.3 is 0 Å². The van der Waals surface area contributed by atoms with Crippen LogP contribution in [0.2, 0.25) is 0 Å². The molecule has 2 aromatic heterocycles. The highest BCUT2D eigenvalue weighted by Crippen LogP contribution is 2.02. The third-order valence-corrected chi connectivity index (χ3v) is 2.22. The Balaban J connectivity index is 0.00000162. The highest BCUT2D eigenvalue weighted by Gasteiger charge is 1.94. The Kier molecular flexibility index (Phi) is 9.80. The molecule has 1 N–H and O–H groups in total. The monoisotopic (exact) mass is 301 g/mol. The number of nitrogens with one attached hydrogen (secondary N) is 1. The summed E-state index contributed by atoms with van der Waals surface area (Å²) in [6, 6.07) is 9.60. The third-order valence-electron chi connectivity index (χ3n) is 2.22. The summed E-state index contributed by atoms with van der Waals surface area (Å²) in [5.41, 5.74) is 1.17. The molecule has 6 heteroatoms. The largest absolute Gasteiger partial charge is 0.476 e. The van der Waals surface area contributed by atoms with Crippen molar-refractivity contribution in [3.63, 3.8) is 0 Å². The molecule has 0 bridgehead atoms. The lowest BCUT2D eigenvalue weighted by Crippen LogP contribution is -2.20. The lowest BCUT2D eigenvalue weighted by Gasteiger charge is -2.06. The fourth-order valence-corrected chi connectivity index (χ4v) is 1.40. The molecule has 0 aliphatic carbocycles. The molecule has 2 aromatic rings. The topological polar surface area (TPSA) is 47.0 Å². The second-order valence-electron chi connectivity index (χ2n) is 3.55. The molecule has 0 saturated carbocycles. The van der Waals surface area contributed by atoms with Gasteiger partial charge in [-0.15, -0.1) is 24.8 Å². The van der Waals surface area contributed by atoms with Crippen molar-refractivity contribution in [3.05, 3.63) is 54.5 Å². The van der Waals surface area contributed by atoms with Crippen molar-refractivity contribution >= 4 is 24.8 Å². The van der Waals surface area contributed by atoms with Crippen LogP contribution in [0.5, 0.6) is 5.88 Å². The van der Waals surface area contributed by atoms with Crippen LogP contribution in [0, 0.1) is 0 Å². The molecular weight excluding hydrogens is 285 g/mol. The molecule has 0 radical (unpaired) electrons. The van der Waals surface area contributed by atoms with E-state index in [9.17, 15) is 0 Å². The van der Waals surface area contributed by atoms with Crippen LogP contribution in [-0.2, 0) is 6.54 Å². The summed E-state index contributed by atoms with van der Waals surface area (Å²) in [5, 5.41) is 3.28. The van der Waals surface area contributed by atoms with Gasteiger partial charge in [0.1, 0.15) is 6.61 Å². The molecule has 2 heterocycles. The summed E-state index contributed by atoms with van der Waals surface area (Å²) in [6.45, 7) is 2.20. The zero-order valence-corrected chi connectivity index (χ0v) is 12.0. The number of ether oxygens (including phenoxy) is 1. The number of nitrogens with zero attached hydrogens (tertiary/aromatic N) is 2. The molecule has 0 saturated heterocycles. The van der Waals surface area contributed by atoms with Gasteiger partial charge < -0.3 is 10.1 Å². The molecule has 2 rings (SSSR count). The molecular formula is C13H17Cl2N3O. The lowest BCUT2D eigenvalue weighted by atomic mass is 10.3. The molecule has 104 valence electrons. The summed E-state index contributed by atoms with van der Waals surface area (Å²) >= 11 is 0. The van der Waals surface area contributed by atoms with Gasteiger partial charge in [0, 0.05) is 37.7 Å². The molecule has 0 amide bonds. The van der Waals surface area contributed by atoms with Gasteiger partial charge in [0.2, 0.25) is 5.88 Å². The molecule has 0 atom stereocenters. The zero-order valence-electron chi connectivity index (χ0n) is 10.4. The van der Waals surface area contributed by atoms with Gasteiger partial charge in [-0.3, -0.25) is 4.98 Å². The third kappa shape index (κ3) is 6.96. The van der Waals surface area contributed by atoms with Gasteiger partial charge in [0.15, 0.2) is 0 Å². The van der Waals surface area contributed by atoms with Crippen molar-refractivity contribution in [1.82, 2.24) is 15.3 Å². The van der Waals surface area contributed by atoms with E-state index < -0.39 is 0 Å². The van der Waals surface area contributed by atoms with Crippen molar-refractivity contribution in [2.45, 2.75) is 6.54 Å². The SMILES string of the molecule is Cl.Cl.c1ccc(OCCNCc2cccnc2)nc1. The Hall–Kier alpha value is -1.36. The highest BCUT2D eigenvalue weighted by atomic mass is 35.5. The smallest absolute Gasteiger partial charge is 0.213 e. The summed E-state index contributed by atoms with van der Waals surface area (Å²) in [7, 11) is 0. The van der Waals surface area contributed by atoms with Gasteiger partial charge in [-0.2, -0.15) is 0 Å². The van der Waals surface area contributed by atoms with E-state index in [0.29, 0.717) is 12.5 Å². The van der Waals surface area contributed by atoms with Crippen molar-refractivity contribution < 1.29 is 4.74 Å². The number of hydrogen-bond donors (Lipinski definition) is 1. The molecule has 0 aliphatic heterocycles. The quantitative estimate of drug-likeness (QED) is 0.833. The maximum absolute atomic E-state index is 5.45. The van der Waals surface area contributed by atoms with E-state index in [2.05, 4.69) is 15.3 Å². The van der Waals surface area contributed by atoms with Gasteiger partial charge in [-0.05, 0) is 17.7 Å². The Morgan fingerprint density at radius 2 is 1.95 bits per heavy atom. The Labute approximate surface area is 125 Å². The molecule has 4 nitrogen and oxygen atoms in total. The Morgan fingerprint density at radius 3 is 2.63 bits per heavy atom. The fourth-order valence-electron chi connectivity index (χ4n) is 1.40. The normalized spacial score (nSPS) is 9.05. The van der Waals surface area contributed by atoms with Crippen LogP contribution in [-0.4, -0.2) is 23.1 Å². The number of hydrogen-bond acceptors (Lipinski definition) is 4. The standard InChI is InChI=1S/C13H15N3O.2ClH/c1-2-7-16-13(5-1)17-9-8-15-11-12-4-3-6-14-10-12;;/h1-7,10,15H,8-9,11H2;2*1H. The minimum atomic E-state index is 0. The van der Waals surface area contributed by atoms with Crippen molar-refractivity contribution in [2.24, 2.45) is 0 Å². The maximum atomic E-state index is 5.45. The number of rotatable bonds is 6. The van der Waals surface area contributed by atoms with Crippen molar-refractivity contribution in [2.75, 3.05) is 13.2 Å². The van der Waals surface area contributed by atoms with E-state index in [4.69, 9.17) is 4.74 Å². The highest BCUT2D eigenvalue weighted by molar-refractivity contribution is 5.85. The minimum absolute atomic E-state index is 0. The van der Waals surface area contributed by atoms with E-state index >= 15 is 0 Å². The van der Waals surface area contributed by atoms with Crippen LogP contribution >= 0.6 is 24.8 Å². The molecule has 19 heavy (non-hydrogen) atoms. The van der Waals surface area contributed by atoms with E-state index in [-0.39, 0.29) is 24.8 Å². The van der Waals surface area contributed by atoms with E-state index in [1.165, 1.54) is 5.56 Å². The number of halogens is 2. The van der Waals surface area contributed by atoms with E-state index in [1.54, 1.807) is 12.4 Å². The van der Waals surface area contributed by atoms with Gasteiger partial charge in [0.25, 0.3) is 0 Å². The molecule has 0 aromatic carbocycles. The van der Waals surface area contributed by atoms with Crippen LogP contribution in [0.4, 0.5) is 0 Å². The average Bonchev–Trinajstić information content (AvgIpc) is 2.41. The van der Waals surface area contributed by atoms with Crippen LogP contribution in [0.1, 0.15) is 5.56 Å². The molecule has 0 spiro atoms. The number of aromatic nitrogens is 2. The lowest BCUT2D eigenvalue weighted by molar-refractivity contribution is 0.302. The first kappa shape index (κ1) is 17.6. The van der Waals surface area contributed by atoms with Gasteiger partial charge in [0.05, 0.1) is 0 Å². The van der Waals surface area contributed by atoms with Crippen molar-refractivity contribution in [1.29, 1.82) is 0 Å². The van der Waals surface area contributed by atoms with Crippen LogP contribution in [0.3, 0.4) is 0 Å². The molecule has 0 fully saturated rings. The second-order valence-corrected chi connectivity index (χ2v) is 3.55. The summed E-state index contributed by atoms with van der Waals surface area (Å²) in [5.74, 6) is 0.663. The summed E-state index contributed by atoms with van der Waals surface area (Å²) in [4.78, 5) is 8.12. The van der Waals surface area contributed by atoms with E-state index in [0.717, 1.165) is 13.1 Å². The van der Waals surface area contributed by atoms with E-state index in [1.807, 2.05) is 36.5 Å². The summed E-state index contributed by atoms with van der Waals surface area (Å²) < 4.78 is 5.45. The maximum Gasteiger partial charge on any atom is 0.213 e. The Morgan fingerprint density at radius 1 is 1.05 bits per heavy atom. The van der Waals surface area contributed by atoms with Crippen LogP contribution < -0.4 is 10.1 Å². The average molecular weight is 302 g/mol. The second kappa shape index (κ2) is 10.6. The molecule has 0 aliphatic rings. The van der Waals surface area contributed by atoms with Crippen LogP contribution in [0.15, 0.2) is 48.9 Å². The Bertz CT molecular complexity index is 387. The first-order chi connectivity index (χ1) is 8.45. The zero-order chi connectivity index (χ0) is 11.8. The first-order valence-corrected chi connectivity index (χ1v) is 5.58. The number of pyridine rings is 2. The van der Waals surface area contributed by atoms with Gasteiger partial charge in [-0.25, -0.2) is 4.98 Å². The van der Waals surface area contributed by atoms with Crippen molar-refractivity contribution in [3.8, 4) is 5.88 Å². The van der Waals surface area contributed by atoms with Crippen LogP contribution in [0.25, 0.3) is 0 Å². The van der Waals surface area contributed by atoms with Gasteiger partial charge in [-0.1, -0.05) is 12.1 Å². The fraction of sp³-hybridized carbons (Fsp3) is 0.231. The summed E-state index contributed by atoms with van der Waals surface area (Å²) in [6.07, 6.45) is 5.35. The predicted molar refractivity (Wildman–Crippen MR) is 80.2 cm³/mol.